The topological polar surface area (TPSA) is 42.7 Å². The molecule has 0 unspecified atom stereocenters. The highest BCUT2D eigenvalue weighted by atomic mass is 15.3. The molecule has 1 fully saturated rings. The monoisotopic (exact) mass is 278 g/mol. The number of nitrogens with one attached hydrogen (secondary N) is 1. The number of fused-ring (bicyclic) bond motifs is 1. The lowest BCUT2D eigenvalue weighted by Gasteiger charge is -2.09. The highest BCUT2D eigenvalue weighted by Gasteiger charge is 2.26. The van der Waals surface area contributed by atoms with E-state index in [-0.39, 0.29) is 0 Å². The van der Waals surface area contributed by atoms with E-state index >= 15 is 0 Å². The molecule has 0 radical (unpaired) electrons. The van der Waals surface area contributed by atoms with Gasteiger partial charge in [-0.2, -0.15) is 5.10 Å². The normalized spacial score (nSPS) is 14.7. The molecule has 2 aromatic heterocycles. The molecule has 21 heavy (non-hydrogen) atoms. The molecule has 1 N–H and O–H groups in total. The van der Waals surface area contributed by atoms with Gasteiger partial charge in [0.1, 0.15) is 0 Å². The van der Waals surface area contributed by atoms with Gasteiger partial charge >= 0.3 is 0 Å². The predicted molar refractivity (Wildman–Crippen MR) is 83.6 cm³/mol. The molecule has 1 aliphatic carbocycles. The van der Waals surface area contributed by atoms with Gasteiger partial charge in [0.15, 0.2) is 5.82 Å². The van der Waals surface area contributed by atoms with Crippen molar-refractivity contribution in [3.63, 3.8) is 0 Å². The van der Waals surface area contributed by atoms with Crippen LogP contribution in [0.5, 0.6) is 0 Å². The second-order valence-corrected chi connectivity index (χ2v) is 5.65. The van der Waals surface area contributed by atoms with Gasteiger partial charge in [-0.15, -0.1) is 0 Å². The maximum absolute atomic E-state index is 4.79. The van der Waals surface area contributed by atoms with Crippen molar-refractivity contribution in [1.29, 1.82) is 0 Å². The fourth-order valence-corrected chi connectivity index (χ4v) is 2.73. The van der Waals surface area contributed by atoms with Crippen LogP contribution in [0.3, 0.4) is 0 Å². The third kappa shape index (κ3) is 2.32. The SMILES string of the molecule is CNCc1cc2ccccc2c(-n2ccc(C3CC3)n2)n1. The smallest absolute Gasteiger partial charge is 0.161 e. The van der Waals surface area contributed by atoms with E-state index in [1.165, 1.54) is 23.9 Å². The maximum Gasteiger partial charge on any atom is 0.161 e. The summed E-state index contributed by atoms with van der Waals surface area (Å²) >= 11 is 0. The molecule has 4 heteroatoms. The molecule has 1 saturated carbocycles. The maximum atomic E-state index is 4.79. The molecule has 0 amide bonds. The van der Waals surface area contributed by atoms with Gasteiger partial charge in [-0.3, -0.25) is 0 Å². The van der Waals surface area contributed by atoms with Crippen LogP contribution in [0.25, 0.3) is 16.6 Å². The second-order valence-electron chi connectivity index (χ2n) is 5.65. The Morgan fingerprint density at radius 3 is 2.90 bits per heavy atom. The minimum atomic E-state index is 0.665. The molecule has 106 valence electrons. The standard InChI is InChI=1S/C17H18N4/c1-18-11-14-10-13-4-2-3-5-15(13)17(19-14)21-9-8-16(20-21)12-6-7-12/h2-5,8-10,12,18H,6-7,11H2,1H3. The van der Waals surface area contributed by atoms with E-state index in [2.05, 4.69) is 41.7 Å². The van der Waals surface area contributed by atoms with Crippen molar-refractivity contribution in [2.75, 3.05) is 7.05 Å². The third-order valence-electron chi connectivity index (χ3n) is 3.95. The van der Waals surface area contributed by atoms with Crippen molar-refractivity contribution in [3.05, 3.63) is 54.0 Å². The van der Waals surface area contributed by atoms with Crippen molar-refractivity contribution in [1.82, 2.24) is 20.1 Å². The molecule has 0 spiro atoms. The fraction of sp³-hybridized carbons (Fsp3) is 0.294. The van der Waals surface area contributed by atoms with Crippen LogP contribution in [0, 0.1) is 0 Å². The quantitative estimate of drug-likeness (QED) is 0.797. The molecule has 2 heterocycles. The van der Waals surface area contributed by atoms with E-state index in [9.17, 15) is 0 Å². The van der Waals surface area contributed by atoms with Crippen LogP contribution >= 0.6 is 0 Å². The van der Waals surface area contributed by atoms with Crippen LogP contribution < -0.4 is 5.32 Å². The van der Waals surface area contributed by atoms with E-state index in [4.69, 9.17) is 10.1 Å². The Morgan fingerprint density at radius 2 is 2.10 bits per heavy atom. The molecular weight excluding hydrogens is 260 g/mol. The summed E-state index contributed by atoms with van der Waals surface area (Å²) in [6, 6.07) is 12.6. The Labute approximate surface area is 123 Å². The molecule has 3 aromatic rings. The van der Waals surface area contributed by atoms with Gasteiger partial charge < -0.3 is 5.32 Å². The molecule has 0 bridgehead atoms. The first-order valence-corrected chi connectivity index (χ1v) is 7.44. The van der Waals surface area contributed by atoms with E-state index in [1.807, 2.05) is 17.9 Å². The number of rotatable bonds is 4. The van der Waals surface area contributed by atoms with E-state index in [0.29, 0.717) is 5.92 Å². The number of nitrogens with zero attached hydrogens (tertiary/aromatic N) is 3. The minimum absolute atomic E-state index is 0.665. The summed E-state index contributed by atoms with van der Waals surface area (Å²) in [6.45, 7) is 0.759. The van der Waals surface area contributed by atoms with Gasteiger partial charge in [-0.25, -0.2) is 9.67 Å². The van der Waals surface area contributed by atoms with E-state index < -0.39 is 0 Å². The molecule has 0 aliphatic heterocycles. The van der Waals surface area contributed by atoms with Crippen LogP contribution in [-0.2, 0) is 6.54 Å². The summed E-state index contributed by atoms with van der Waals surface area (Å²) in [7, 11) is 1.94. The molecule has 4 nitrogen and oxygen atoms in total. The molecule has 0 atom stereocenters. The zero-order valence-corrected chi connectivity index (χ0v) is 12.1. The average Bonchev–Trinajstić information content (AvgIpc) is 3.24. The first kappa shape index (κ1) is 12.5. The Hall–Kier alpha value is -2.20. The predicted octanol–water partition coefficient (Wildman–Crippen LogP) is 3.02. The van der Waals surface area contributed by atoms with Gasteiger partial charge in [-0.1, -0.05) is 24.3 Å². The fourth-order valence-electron chi connectivity index (χ4n) is 2.73. The molecule has 4 rings (SSSR count). The summed E-state index contributed by atoms with van der Waals surface area (Å²) < 4.78 is 1.93. The van der Waals surface area contributed by atoms with Crippen molar-refractivity contribution >= 4 is 10.8 Å². The number of hydrogen-bond donors (Lipinski definition) is 1. The minimum Gasteiger partial charge on any atom is -0.314 e. The zero-order valence-electron chi connectivity index (χ0n) is 12.1. The number of hydrogen-bond acceptors (Lipinski definition) is 3. The van der Waals surface area contributed by atoms with E-state index in [0.717, 1.165) is 23.4 Å². The second kappa shape index (κ2) is 4.97. The Balaban J connectivity index is 1.87. The Morgan fingerprint density at radius 1 is 1.24 bits per heavy atom. The Bertz CT molecular complexity index is 786. The van der Waals surface area contributed by atoms with Gasteiger partial charge in [-0.05, 0) is 37.4 Å². The number of pyridine rings is 1. The summed E-state index contributed by atoms with van der Waals surface area (Å²) in [5.74, 6) is 1.59. The first-order valence-electron chi connectivity index (χ1n) is 7.44. The van der Waals surface area contributed by atoms with E-state index in [1.54, 1.807) is 0 Å². The van der Waals surface area contributed by atoms with Crippen LogP contribution in [0.15, 0.2) is 42.6 Å². The van der Waals surface area contributed by atoms with Crippen LogP contribution in [0.1, 0.15) is 30.1 Å². The molecular formula is C17H18N4. The summed E-state index contributed by atoms with van der Waals surface area (Å²) in [6.07, 6.45) is 4.57. The van der Waals surface area contributed by atoms with Gasteiger partial charge in [0.2, 0.25) is 0 Å². The lowest BCUT2D eigenvalue weighted by Crippen LogP contribution is -2.09. The van der Waals surface area contributed by atoms with Crippen molar-refractivity contribution in [3.8, 4) is 5.82 Å². The number of benzene rings is 1. The van der Waals surface area contributed by atoms with Crippen LogP contribution in [0.2, 0.25) is 0 Å². The Kier molecular flexibility index (Phi) is 2.97. The van der Waals surface area contributed by atoms with Crippen molar-refractivity contribution in [2.45, 2.75) is 25.3 Å². The lowest BCUT2D eigenvalue weighted by molar-refractivity contribution is 0.768. The van der Waals surface area contributed by atoms with Gasteiger partial charge in [0, 0.05) is 24.0 Å². The summed E-state index contributed by atoms with van der Waals surface area (Å²) in [4.78, 5) is 4.79. The molecule has 1 aromatic carbocycles. The largest absolute Gasteiger partial charge is 0.314 e. The highest BCUT2D eigenvalue weighted by Crippen LogP contribution is 2.39. The number of aromatic nitrogens is 3. The zero-order chi connectivity index (χ0) is 14.2. The lowest BCUT2D eigenvalue weighted by atomic mass is 10.1. The first-order chi connectivity index (χ1) is 10.3. The summed E-state index contributed by atoms with van der Waals surface area (Å²) in [5, 5.41) is 10.2. The highest BCUT2D eigenvalue weighted by molar-refractivity contribution is 5.88. The third-order valence-corrected chi connectivity index (χ3v) is 3.95. The van der Waals surface area contributed by atoms with Gasteiger partial charge in [0.25, 0.3) is 0 Å². The van der Waals surface area contributed by atoms with Crippen LogP contribution in [0.4, 0.5) is 0 Å². The average molecular weight is 278 g/mol. The summed E-state index contributed by atoms with van der Waals surface area (Å²) in [5.41, 5.74) is 2.23. The van der Waals surface area contributed by atoms with Crippen molar-refractivity contribution < 1.29 is 0 Å². The molecule has 0 saturated heterocycles. The van der Waals surface area contributed by atoms with Gasteiger partial charge in [0.05, 0.1) is 11.4 Å². The van der Waals surface area contributed by atoms with Crippen molar-refractivity contribution in [2.24, 2.45) is 0 Å². The molecule has 1 aliphatic rings. The van der Waals surface area contributed by atoms with Crippen LogP contribution in [-0.4, -0.2) is 21.8 Å².